The van der Waals surface area contributed by atoms with Crippen LogP contribution in [0.25, 0.3) is 0 Å². The van der Waals surface area contributed by atoms with Crippen molar-refractivity contribution < 1.29 is 14.3 Å². The first-order chi connectivity index (χ1) is 16.6. The van der Waals surface area contributed by atoms with Crippen LogP contribution in [-0.4, -0.2) is 31.2 Å². The molecule has 0 bridgehead atoms. The SMILES string of the molecule is CCCCCCCCCOc1ccc(C(=O)Nc2cc(C(=O)NCCCC)ccc2SC)cc1. The van der Waals surface area contributed by atoms with E-state index in [9.17, 15) is 9.59 Å². The van der Waals surface area contributed by atoms with Crippen LogP contribution in [0.4, 0.5) is 5.69 Å². The molecule has 0 saturated heterocycles. The molecular formula is C28H40N2O3S. The number of carbonyl (C=O) groups excluding carboxylic acids is 2. The third-order valence-corrected chi connectivity index (χ3v) is 6.45. The minimum atomic E-state index is -0.211. The summed E-state index contributed by atoms with van der Waals surface area (Å²) >= 11 is 1.53. The molecule has 2 N–H and O–H groups in total. The second-order valence-electron chi connectivity index (χ2n) is 8.47. The summed E-state index contributed by atoms with van der Waals surface area (Å²) in [7, 11) is 0. The number of carbonyl (C=O) groups is 2. The number of unbranched alkanes of at least 4 members (excludes halogenated alkanes) is 7. The smallest absolute Gasteiger partial charge is 0.255 e. The minimum Gasteiger partial charge on any atom is -0.494 e. The van der Waals surface area contributed by atoms with Gasteiger partial charge in [-0.15, -0.1) is 11.8 Å². The normalized spacial score (nSPS) is 10.7. The molecule has 0 aliphatic heterocycles. The van der Waals surface area contributed by atoms with Gasteiger partial charge in [-0.2, -0.15) is 0 Å². The van der Waals surface area contributed by atoms with Crippen LogP contribution < -0.4 is 15.4 Å². The molecule has 0 aliphatic rings. The highest BCUT2D eigenvalue weighted by Crippen LogP contribution is 2.27. The molecule has 0 heterocycles. The molecule has 0 radical (unpaired) electrons. The van der Waals surface area contributed by atoms with E-state index < -0.39 is 0 Å². The first-order valence-electron chi connectivity index (χ1n) is 12.6. The lowest BCUT2D eigenvalue weighted by Gasteiger charge is -2.12. The van der Waals surface area contributed by atoms with Crippen LogP contribution in [-0.2, 0) is 0 Å². The third kappa shape index (κ3) is 9.80. The van der Waals surface area contributed by atoms with Gasteiger partial charge in [-0.05, 0) is 61.6 Å². The van der Waals surface area contributed by atoms with Crippen molar-refractivity contribution in [1.82, 2.24) is 5.32 Å². The van der Waals surface area contributed by atoms with Crippen LogP contribution in [0.2, 0.25) is 0 Å². The standard InChI is InChI=1S/C28H40N2O3S/c1-4-6-8-9-10-11-12-20-33-24-16-13-22(14-17-24)28(32)30-25-21-23(15-18-26(25)34-3)27(31)29-19-7-5-2/h13-18,21H,4-12,19-20H2,1-3H3,(H,29,31)(H,30,32). The van der Waals surface area contributed by atoms with E-state index in [1.165, 1.54) is 50.3 Å². The third-order valence-electron chi connectivity index (χ3n) is 5.66. The van der Waals surface area contributed by atoms with Crippen LogP contribution in [0.1, 0.15) is 92.4 Å². The molecule has 0 unspecified atom stereocenters. The van der Waals surface area contributed by atoms with Gasteiger partial charge in [0, 0.05) is 22.6 Å². The Labute approximate surface area is 209 Å². The monoisotopic (exact) mass is 484 g/mol. The summed E-state index contributed by atoms with van der Waals surface area (Å²) in [6.45, 7) is 5.67. The molecule has 0 fully saturated rings. The predicted molar refractivity (Wildman–Crippen MR) is 143 cm³/mol. The number of ether oxygens (including phenoxy) is 1. The Morgan fingerprint density at radius 3 is 2.12 bits per heavy atom. The van der Waals surface area contributed by atoms with Crippen molar-refractivity contribution in [2.45, 2.75) is 76.5 Å². The fraction of sp³-hybridized carbons (Fsp3) is 0.500. The van der Waals surface area contributed by atoms with E-state index >= 15 is 0 Å². The van der Waals surface area contributed by atoms with Crippen molar-refractivity contribution in [3.8, 4) is 5.75 Å². The molecule has 0 aliphatic carbocycles. The highest BCUT2D eigenvalue weighted by Gasteiger charge is 2.13. The van der Waals surface area contributed by atoms with E-state index in [1.54, 1.807) is 24.3 Å². The number of benzene rings is 2. The number of nitrogens with one attached hydrogen (secondary N) is 2. The van der Waals surface area contributed by atoms with Gasteiger partial charge in [-0.25, -0.2) is 0 Å². The van der Waals surface area contributed by atoms with Crippen LogP contribution >= 0.6 is 11.8 Å². The van der Waals surface area contributed by atoms with Crippen molar-refractivity contribution in [2.24, 2.45) is 0 Å². The maximum Gasteiger partial charge on any atom is 0.255 e. The van der Waals surface area contributed by atoms with E-state index in [1.807, 2.05) is 24.5 Å². The number of hydrogen-bond acceptors (Lipinski definition) is 4. The quantitative estimate of drug-likeness (QED) is 0.193. The first-order valence-corrected chi connectivity index (χ1v) is 13.8. The number of hydrogen-bond donors (Lipinski definition) is 2. The lowest BCUT2D eigenvalue weighted by atomic mass is 10.1. The van der Waals surface area contributed by atoms with Crippen LogP contribution in [0.15, 0.2) is 47.4 Å². The fourth-order valence-corrected chi connectivity index (χ4v) is 4.11. The average molecular weight is 485 g/mol. The molecule has 2 amide bonds. The van der Waals surface area contributed by atoms with Crippen molar-refractivity contribution in [2.75, 3.05) is 24.7 Å². The molecule has 0 aromatic heterocycles. The molecule has 186 valence electrons. The Morgan fingerprint density at radius 2 is 1.44 bits per heavy atom. The van der Waals surface area contributed by atoms with Crippen LogP contribution in [0.5, 0.6) is 5.75 Å². The average Bonchev–Trinajstić information content (AvgIpc) is 2.86. The lowest BCUT2D eigenvalue weighted by molar-refractivity contribution is 0.0951. The van der Waals surface area contributed by atoms with Gasteiger partial charge in [0.2, 0.25) is 0 Å². The number of amides is 2. The van der Waals surface area contributed by atoms with E-state index in [2.05, 4.69) is 24.5 Å². The van der Waals surface area contributed by atoms with E-state index in [0.717, 1.165) is 29.9 Å². The topological polar surface area (TPSA) is 67.4 Å². The van der Waals surface area contributed by atoms with Gasteiger partial charge in [0.1, 0.15) is 5.75 Å². The molecule has 5 nitrogen and oxygen atoms in total. The van der Waals surface area contributed by atoms with Gasteiger partial charge in [0.05, 0.1) is 12.3 Å². The second kappa shape index (κ2) is 16.2. The van der Waals surface area contributed by atoms with E-state index in [0.29, 0.717) is 30.0 Å². The Morgan fingerprint density at radius 1 is 0.794 bits per heavy atom. The molecule has 0 atom stereocenters. The Balaban J connectivity index is 1.87. The van der Waals surface area contributed by atoms with Gasteiger partial charge < -0.3 is 15.4 Å². The maximum atomic E-state index is 12.8. The zero-order chi connectivity index (χ0) is 24.6. The zero-order valence-electron chi connectivity index (χ0n) is 21.0. The second-order valence-corrected chi connectivity index (χ2v) is 9.32. The summed E-state index contributed by atoms with van der Waals surface area (Å²) in [5, 5.41) is 5.88. The summed E-state index contributed by atoms with van der Waals surface area (Å²) in [6, 6.07) is 12.6. The molecule has 6 heteroatoms. The summed E-state index contributed by atoms with van der Waals surface area (Å²) < 4.78 is 5.83. The van der Waals surface area contributed by atoms with Gasteiger partial charge in [0.15, 0.2) is 0 Å². The van der Waals surface area contributed by atoms with Gasteiger partial charge >= 0.3 is 0 Å². The maximum absolute atomic E-state index is 12.8. The van der Waals surface area contributed by atoms with Crippen molar-refractivity contribution >= 4 is 29.3 Å². The number of rotatable bonds is 16. The van der Waals surface area contributed by atoms with Crippen molar-refractivity contribution in [1.29, 1.82) is 0 Å². The van der Waals surface area contributed by atoms with Crippen molar-refractivity contribution in [3.63, 3.8) is 0 Å². The summed E-state index contributed by atoms with van der Waals surface area (Å²) in [6.07, 6.45) is 12.7. The fourth-order valence-electron chi connectivity index (χ4n) is 3.57. The Hall–Kier alpha value is -2.47. The van der Waals surface area contributed by atoms with E-state index in [-0.39, 0.29) is 11.8 Å². The predicted octanol–water partition coefficient (Wildman–Crippen LogP) is 7.32. The largest absolute Gasteiger partial charge is 0.494 e. The highest BCUT2D eigenvalue weighted by atomic mass is 32.2. The molecule has 2 rings (SSSR count). The lowest BCUT2D eigenvalue weighted by Crippen LogP contribution is -2.24. The minimum absolute atomic E-state index is 0.126. The van der Waals surface area contributed by atoms with Gasteiger partial charge in [0.25, 0.3) is 11.8 Å². The zero-order valence-corrected chi connectivity index (χ0v) is 21.8. The van der Waals surface area contributed by atoms with Crippen molar-refractivity contribution in [3.05, 3.63) is 53.6 Å². The van der Waals surface area contributed by atoms with Gasteiger partial charge in [-0.1, -0.05) is 58.8 Å². The van der Waals surface area contributed by atoms with Gasteiger partial charge in [-0.3, -0.25) is 9.59 Å². The first kappa shape index (κ1) is 27.8. The molecule has 34 heavy (non-hydrogen) atoms. The Kier molecular flexibility index (Phi) is 13.2. The number of thioether (sulfide) groups is 1. The molecule has 0 saturated carbocycles. The summed E-state index contributed by atoms with van der Waals surface area (Å²) in [5.74, 6) is 0.439. The van der Waals surface area contributed by atoms with E-state index in [4.69, 9.17) is 4.74 Å². The Bertz CT molecular complexity index is 884. The van der Waals surface area contributed by atoms with Crippen LogP contribution in [0, 0.1) is 0 Å². The molecule has 2 aromatic rings. The van der Waals surface area contributed by atoms with Crippen LogP contribution in [0.3, 0.4) is 0 Å². The summed E-state index contributed by atoms with van der Waals surface area (Å²) in [4.78, 5) is 26.1. The summed E-state index contributed by atoms with van der Waals surface area (Å²) in [5.41, 5.74) is 1.73. The molecule has 2 aromatic carbocycles. The molecule has 0 spiro atoms. The molecular weight excluding hydrogens is 444 g/mol. The highest BCUT2D eigenvalue weighted by molar-refractivity contribution is 7.98. The number of anilines is 1.